The summed E-state index contributed by atoms with van der Waals surface area (Å²) < 4.78 is 2.27. The van der Waals surface area contributed by atoms with E-state index >= 15 is 0 Å². The highest BCUT2D eigenvalue weighted by Crippen LogP contribution is 2.27. The van der Waals surface area contributed by atoms with E-state index in [0.717, 1.165) is 13.0 Å². The number of halogens is 1. The summed E-state index contributed by atoms with van der Waals surface area (Å²) >= 11 is 3.39. The number of hydrogen-bond acceptors (Lipinski definition) is 4. The van der Waals surface area contributed by atoms with Gasteiger partial charge in [0.2, 0.25) is 0 Å². The molecule has 0 aromatic carbocycles. The Morgan fingerprint density at radius 2 is 2.37 bits per heavy atom. The van der Waals surface area contributed by atoms with Crippen LogP contribution >= 0.6 is 15.9 Å². The van der Waals surface area contributed by atoms with Crippen LogP contribution < -0.4 is 16.6 Å². The van der Waals surface area contributed by atoms with Gasteiger partial charge in [0.25, 0.3) is 5.56 Å². The first-order chi connectivity index (χ1) is 9.15. The van der Waals surface area contributed by atoms with Crippen LogP contribution in [0.3, 0.4) is 0 Å². The Balaban J connectivity index is 2.20. The second kappa shape index (κ2) is 6.52. The van der Waals surface area contributed by atoms with Gasteiger partial charge in [-0.25, -0.2) is 4.68 Å². The molecule has 1 aliphatic rings. The quantitative estimate of drug-likeness (QED) is 0.837. The van der Waals surface area contributed by atoms with E-state index in [9.17, 15) is 4.79 Å². The maximum absolute atomic E-state index is 12.4. The number of nitrogens with one attached hydrogen (secondary N) is 1. The minimum absolute atomic E-state index is 0.0619. The Labute approximate surface area is 121 Å². The van der Waals surface area contributed by atoms with Gasteiger partial charge in [-0.05, 0) is 41.1 Å². The van der Waals surface area contributed by atoms with Crippen molar-refractivity contribution in [3.8, 4) is 0 Å². The summed E-state index contributed by atoms with van der Waals surface area (Å²) in [6, 6.07) is 0.114. The lowest BCUT2D eigenvalue weighted by Gasteiger charge is -2.25. The van der Waals surface area contributed by atoms with Crippen molar-refractivity contribution >= 4 is 21.6 Å². The van der Waals surface area contributed by atoms with Gasteiger partial charge < -0.3 is 11.1 Å². The summed E-state index contributed by atoms with van der Waals surface area (Å²) in [7, 11) is 0. The first-order valence-electron chi connectivity index (χ1n) is 6.88. The number of anilines is 1. The Morgan fingerprint density at radius 1 is 1.63 bits per heavy atom. The van der Waals surface area contributed by atoms with Crippen molar-refractivity contribution in [1.82, 2.24) is 9.78 Å². The fraction of sp³-hybridized carbons (Fsp3) is 0.692. The average Bonchev–Trinajstić information content (AvgIpc) is 2.36. The molecule has 1 heterocycles. The highest BCUT2D eigenvalue weighted by Gasteiger charge is 2.20. The van der Waals surface area contributed by atoms with Crippen molar-refractivity contribution in [3.05, 3.63) is 21.0 Å². The van der Waals surface area contributed by atoms with Crippen molar-refractivity contribution in [2.45, 2.75) is 45.2 Å². The Bertz CT molecular complexity index is 480. The van der Waals surface area contributed by atoms with Crippen molar-refractivity contribution in [2.75, 3.05) is 11.9 Å². The van der Waals surface area contributed by atoms with Crippen molar-refractivity contribution < 1.29 is 0 Å². The average molecular weight is 329 g/mol. The molecule has 0 spiro atoms. The molecule has 0 saturated heterocycles. The van der Waals surface area contributed by atoms with Gasteiger partial charge in [-0.15, -0.1) is 0 Å². The molecule has 0 amide bonds. The summed E-state index contributed by atoms with van der Waals surface area (Å²) in [5, 5.41) is 7.42. The summed E-state index contributed by atoms with van der Waals surface area (Å²) in [6.45, 7) is 3.28. The Hall–Kier alpha value is -0.880. The van der Waals surface area contributed by atoms with Gasteiger partial charge in [-0.3, -0.25) is 4.79 Å². The normalized spacial score (nSPS) is 17.0. The molecule has 1 aromatic rings. The lowest BCUT2D eigenvalue weighted by molar-refractivity contribution is 0.262. The lowest BCUT2D eigenvalue weighted by atomic mass is 9.85. The number of nitrogens with zero attached hydrogens (tertiary/aromatic N) is 2. The summed E-state index contributed by atoms with van der Waals surface area (Å²) in [5.74, 6) is 0.607. The zero-order valence-electron chi connectivity index (χ0n) is 11.2. The van der Waals surface area contributed by atoms with Crippen LogP contribution in [-0.2, 0) is 6.54 Å². The predicted octanol–water partition coefficient (Wildman–Crippen LogP) is 1.96. The van der Waals surface area contributed by atoms with Crippen molar-refractivity contribution in [3.63, 3.8) is 0 Å². The SMILES string of the molecule is CCC(CN)Nc1c(Br)cnn(CC2CCC2)c1=O. The lowest BCUT2D eigenvalue weighted by Crippen LogP contribution is -2.35. The van der Waals surface area contributed by atoms with E-state index in [1.165, 1.54) is 19.3 Å². The smallest absolute Gasteiger partial charge is 0.291 e. The molecule has 0 radical (unpaired) electrons. The molecule has 6 heteroatoms. The molecule has 2 rings (SSSR count). The summed E-state index contributed by atoms with van der Waals surface area (Å²) in [4.78, 5) is 12.4. The highest BCUT2D eigenvalue weighted by atomic mass is 79.9. The van der Waals surface area contributed by atoms with E-state index in [1.807, 2.05) is 6.92 Å². The molecule has 1 aliphatic carbocycles. The minimum atomic E-state index is -0.0619. The molecule has 1 fully saturated rings. The minimum Gasteiger partial charge on any atom is -0.376 e. The molecule has 106 valence electrons. The third-order valence-electron chi connectivity index (χ3n) is 3.78. The first-order valence-corrected chi connectivity index (χ1v) is 7.67. The maximum Gasteiger partial charge on any atom is 0.291 e. The zero-order chi connectivity index (χ0) is 13.8. The topological polar surface area (TPSA) is 72.9 Å². The molecule has 5 nitrogen and oxygen atoms in total. The summed E-state index contributed by atoms with van der Waals surface area (Å²) in [6.07, 6.45) is 6.24. The van der Waals surface area contributed by atoms with E-state index in [2.05, 4.69) is 26.3 Å². The Morgan fingerprint density at radius 3 is 2.89 bits per heavy atom. The molecule has 3 N–H and O–H groups in total. The van der Waals surface area contributed by atoms with E-state index in [-0.39, 0.29) is 11.6 Å². The van der Waals surface area contributed by atoms with Gasteiger partial charge in [0.05, 0.1) is 10.7 Å². The fourth-order valence-corrected chi connectivity index (χ4v) is 2.56. The molecular formula is C13H21BrN4O. The molecule has 1 unspecified atom stereocenters. The highest BCUT2D eigenvalue weighted by molar-refractivity contribution is 9.10. The molecule has 1 saturated carbocycles. The van der Waals surface area contributed by atoms with Crippen LogP contribution in [0, 0.1) is 5.92 Å². The molecule has 0 bridgehead atoms. The second-order valence-electron chi connectivity index (χ2n) is 5.14. The molecule has 19 heavy (non-hydrogen) atoms. The van der Waals surface area contributed by atoms with E-state index in [0.29, 0.717) is 22.6 Å². The van der Waals surface area contributed by atoms with Crippen LogP contribution in [0.2, 0.25) is 0 Å². The monoisotopic (exact) mass is 328 g/mol. The van der Waals surface area contributed by atoms with Crippen molar-refractivity contribution in [2.24, 2.45) is 11.7 Å². The standard InChI is InChI=1S/C13H21BrN4O/c1-2-10(6-15)17-12-11(14)7-16-18(13(12)19)8-9-4-3-5-9/h7,9-10,17H,2-6,8,15H2,1H3. The van der Waals surface area contributed by atoms with E-state index < -0.39 is 0 Å². The summed E-state index contributed by atoms with van der Waals surface area (Å²) in [5.41, 5.74) is 6.19. The van der Waals surface area contributed by atoms with E-state index in [4.69, 9.17) is 5.73 Å². The van der Waals surface area contributed by atoms with Crippen LogP contribution in [-0.4, -0.2) is 22.4 Å². The van der Waals surface area contributed by atoms with Crippen LogP contribution in [0.15, 0.2) is 15.5 Å². The molecule has 0 aliphatic heterocycles. The van der Waals surface area contributed by atoms with Crippen LogP contribution in [0.4, 0.5) is 5.69 Å². The van der Waals surface area contributed by atoms with Crippen LogP contribution in [0.1, 0.15) is 32.6 Å². The van der Waals surface area contributed by atoms with Gasteiger partial charge >= 0.3 is 0 Å². The third kappa shape index (κ3) is 3.36. The van der Waals surface area contributed by atoms with Crippen LogP contribution in [0.25, 0.3) is 0 Å². The zero-order valence-corrected chi connectivity index (χ0v) is 12.8. The van der Waals surface area contributed by atoms with Crippen LogP contribution in [0.5, 0.6) is 0 Å². The Kier molecular flexibility index (Phi) is 4.99. The van der Waals surface area contributed by atoms with Gasteiger partial charge in [-0.2, -0.15) is 5.10 Å². The van der Waals surface area contributed by atoms with Gasteiger partial charge in [0.15, 0.2) is 0 Å². The number of aromatic nitrogens is 2. The van der Waals surface area contributed by atoms with Crippen molar-refractivity contribution in [1.29, 1.82) is 0 Å². The fourth-order valence-electron chi connectivity index (χ4n) is 2.18. The third-order valence-corrected chi connectivity index (χ3v) is 4.38. The van der Waals surface area contributed by atoms with Gasteiger partial charge in [-0.1, -0.05) is 13.3 Å². The molecule has 1 atom stereocenters. The largest absolute Gasteiger partial charge is 0.376 e. The maximum atomic E-state index is 12.4. The number of nitrogens with two attached hydrogens (primary N) is 1. The number of rotatable bonds is 6. The number of hydrogen-bond donors (Lipinski definition) is 2. The van der Waals surface area contributed by atoms with Gasteiger partial charge in [0, 0.05) is 19.1 Å². The molecule has 1 aromatic heterocycles. The predicted molar refractivity (Wildman–Crippen MR) is 80.3 cm³/mol. The second-order valence-corrected chi connectivity index (χ2v) is 5.99. The van der Waals surface area contributed by atoms with Gasteiger partial charge in [0.1, 0.15) is 5.69 Å². The molecular weight excluding hydrogens is 308 g/mol. The van der Waals surface area contributed by atoms with E-state index in [1.54, 1.807) is 10.9 Å². The first kappa shape index (κ1) is 14.5.